The van der Waals surface area contributed by atoms with Crippen molar-refractivity contribution in [1.29, 1.82) is 0 Å². The molecular weight excluding hydrogens is 254 g/mol. The molecule has 2 heterocycles. The van der Waals surface area contributed by atoms with Gasteiger partial charge in [-0.2, -0.15) is 0 Å². The van der Waals surface area contributed by atoms with E-state index in [4.69, 9.17) is 5.11 Å². The van der Waals surface area contributed by atoms with Crippen molar-refractivity contribution in [3.63, 3.8) is 0 Å². The highest BCUT2D eigenvalue weighted by Gasteiger charge is 2.07. The third-order valence-electron chi connectivity index (χ3n) is 3.27. The van der Waals surface area contributed by atoms with Gasteiger partial charge in [-0.15, -0.1) is 5.10 Å². The van der Waals surface area contributed by atoms with E-state index in [0.717, 1.165) is 11.1 Å². The van der Waals surface area contributed by atoms with E-state index in [0.29, 0.717) is 5.65 Å². The molecule has 0 saturated carbocycles. The average molecular weight is 269 g/mol. The Hall–Kier alpha value is -2.40. The molecule has 0 saturated heterocycles. The quantitative estimate of drug-likeness (QED) is 0.783. The van der Waals surface area contributed by atoms with E-state index in [-0.39, 0.29) is 18.8 Å². The van der Waals surface area contributed by atoms with Crippen LogP contribution >= 0.6 is 0 Å². The number of hydrogen-bond acceptors (Lipinski definition) is 3. The zero-order valence-electron chi connectivity index (χ0n) is 11.2. The maximum Gasteiger partial charge on any atom is 0.350 e. The number of aliphatic hydroxyl groups excluding tert-OH is 1. The van der Waals surface area contributed by atoms with E-state index in [1.54, 1.807) is 6.20 Å². The van der Waals surface area contributed by atoms with Crippen molar-refractivity contribution in [1.82, 2.24) is 14.2 Å². The molecule has 0 fully saturated rings. The van der Waals surface area contributed by atoms with Crippen LogP contribution in [0.5, 0.6) is 0 Å². The van der Waals surface area contributed by atoms with Gasteiger partial charge in [0.05, 0.1) is 13.2 Å². The van der Waals surface area contributed by atoms with Gasteiger partial charge in [0.25, 0.3) is 0 Å². The molecule has 3 aromatic rings. The van der Waals surface area contributed by atoms with Gasteiger partial charge in [0, 0.05) is 6.20 Å². The van der Waals surface area contributed by atoms with Crippen molar-refractivity contribution in [2.24, 2.45) is 0 Å². The van der Waals surface area contributed by atoms with Gasteiger partial charge in [-0.25, -0.2) is 13.9 Å². The first kappa shape index (κ1) is 12.6. The molecule has 102 valence electrons. The summed E-state index contributed by atoms with van der Waals surface area (Å²) in [5, 5.41) is 13.1. The van der Waals surface area contributed by atoms with Crippen LogP contribution in [0.3, 0.4) is 0 Å². The first-order valence-corrected chi connectivity index (χ1v) is 6.46. The fourth-order valence-electron chi connectivity index (χ4n) is 2.18. The molecule has 0 bridgehead atoms. The summed E-state index contributed by atoms with van der Waals surface area (Å²) in [6.45, 7) is 2.14. The fourth-order valence-corrected chi connectivity index (χ4v) is 2.18. The number of fused-ring (bicyclic) bond motifs is 1. The summed E-state index contributed by atoms with van der Waals surface area (Å²) >= 11 is 0. The number of aliphatic hydroxyl groups is 1. The first-order chi connectivity index (χ1) is 9.69. The van der Waals surface area contributed by atoms with Gasteiger partial charge in [0.1, 0.15) is 0 Å². The third-order valence-corrected chi connectivity index (χ3v) is 3.27. The van der Waals surface area contributed by atoms with Gasteiger partial charge in [-0.3, -0.25) is 0 Å². The first-order valence-electron chi connectivity index (χ1n) is 6.46. The van der Waals surface area contributed by atoms with Gasteiger partial charge in [0.2, 0.25) is 0 Å². The van der Waals surface area contributed by atoms with Gasteiger partial charge < -0.3 is 5.11 Å². The van der Waals surface area contributed by atoms with Crippen molar-refractivity contribution < 1.29 is 5.11 Å². The molecule has 5 nitrogen and oxygen atoms in total. The van der Waals surface area contributed by atoms with Crippen LogP contribution in [0.4, 0.5) is 0 Å². The van der Waals surface area contributed by atoms with Crippen LogP contribution in [0, 0.1) is 6.92 Å². The largest absolute Gasteiger partial charge is 0.394 e. The molecule has 0 radical (unpaired) electrons. The molecule has 0 atom stereocenters. The number of pyridine rings is 1. The summed E-state index contributed by atoms with van der Waals surface area (Å²) < 4.78 is 2.78. The van der Waals surface area contributed by atoms with Crippen LogP contribution < -0.4 is 5.69 Å². The highest BCUT2D eigenvalue weighted by molar-refractivity contribution is 5.64. The van der Waals surface area contributed by atoms with E-state index in [1.165, 1.54) is 14.6 Å². The number of aromatic nitrogens is 3. The third kappa shape index (κ3) is 2.12. The Morgan fingerprint density at radius 2 is 1.80 bits per heavy atom. The minimum atomic E-state index is -0.233. The summed E-state index contributed by atoms with van der Waals surface area (Å²) in [6.07, 6.45) is 1.78. The van der Waals surface area contributed by atoms with Crippen molar-refractivity contribution in [2.75, 3.05) is 6.61 Å². The summed E-state index contributed by atoms with van der Waals surface area (Å²) in [7, 11) is 0. The van der Waals surface area contributed by atoms with Crippen LogP contribution in [0.15, 0.2) is 47.4 Å². The summed E-state index contributed by atoms with van der Waals surface area (Å²) in [6, 6.07) is 11.9. The summed E-state index contributed by atoms with van der Waals surface area (Å²) in [5.74, 6) is 0. The second kappa shape index (κ2) is 4.94. The van der Waals surface area contributed by atoms with Gasteiger partial charge in [0.15, 0.2) is 5.65 Å². The SMILES string of the molecule is Cc1ccc(-c2ccc3nn(CCO)c(=O)n3c2)cc1. The topological polar surface area (TPSA) is 59.5 Å². The van der Waals surface area contributed by atoms with Gasteiger partial charge in [-0.1, -0.05) is 29.8 Å². The maximum absolute atomic E-state index is 12.1. The van der Waals surface area contributed by atoms with E-state index in [9.17, 15) is 4.79 Å². The predicted octanol–water partition coefficient (Wildman–Crippen LogP) is 1.46. The number of hydrogen-bond donors (Lipinski definition) is 1. The Balaban J connectivity index is 2.12. The second-order valence-electron chi connectivity index (χ2n) is 4.74. The number of rotatable bonds is 3. The molecule has 0 amide bonds. The molecule has 2 aromatic heterocycles. The van der Waals surface area contributed by atoms with Gasteiger partial charge in [-0.05, 0) is 30.2 Å². The Morgan fingerprint density at radius 1 is 1.10 bits per heavy atom. The average Bonchev–Trinajstić information content (AvgIpc) is 2.77. The lowest BCUT2D eigenvalue weighted by molar-refractivity contribution is 0.267. The minimum Gasteiger partial charge on any atom is -0.394 e. The normalized spacial score (nSPS) is 11.1. The van der Waals surface area contributed by atoms with Crippen LogP contribution in [-0.4, -0.2) is 25.9 Å². The van der Waals surface area contributed by atoms with E-state index in [1.807, 2.05) is 43.3 Å². The van der Waals surface area contributed by atoms with Crippen molar-refractivity contribution in [3.8, 4) is 11.1 Å². The number of benzene rings is 1. The fraction of sp³-hybridized carbons (Fsp3) is 0.200. The van der Waals surface area contributed by atoms with E-state index < -0.39 is 0 Å². The van der Waals surface area contributed by atoms with Crippen LogP contribution in [0.2, 0.25) is 0 Å². The summed E-state index contributed by atoms with van der Waals surface area (Å²) in [5.41, 5.74) is 3.56. The molecule has 0 spiro atoms. The number of aryl methyl sites for hydroxylation is 1. The Labute approximate surface area is 115 Å². The number of nitrogens with zero attached hydrogens (tertiary/aromatic N) is 3. The van der Waals surface area contributed by atoms with Crippen LogP contribution in [0.25, 0.3) is 16.8 Å². The zero-order valence-corrected chi connectivity index (χ0v) is 11.2. The lowest BCUT2D eigenvalue weighted by Gasteiger charge is -2.02. The standard InChI is InChI=1S/C15H15N3O2/c1-11-2-4-12(5-3-11)13-6-7-14-16-18(8-9-19)15(20)17(14)10-13/h2-7,10,19H,8-9H2,1H3. The Kier molecular flexibility index (Phi) is 3.12. The molecule has 1 aromatic carbocycles. The van der Waals surface area contributed by atoms with Crippen molar-refractivity contribution in [2.45, 2.75) is 13.5 Å². The predicted molar refractivity (Wildman–Crippen MR) is 76.7 cm³/mol. The molecule has 0 aliphatic heterocycles. The molecule has 0 aliphatic rings. The maximum atomic E-state index is 12.1. The van der Waals surface area contributed by atoms with E-state index >= 15 is 0 Å². The highest BCUT2D eigenvalue weighted by Crippen LogP contribution is 2.19. The lowest BCUT2D eigenvalue weighted by atomic mass is 10.1. The van der Waals surface area contributed by atoms with Crippen LogP contribution in [0.1, 0.15) is 5.56 Å². The molecular formula is C15H15N3O2. The van der Waals surface area contributed by atoms with Gasteiger partial charge >= 0.3 is 5.69 Å². The molecule has 5 heteroatoms. The summed E-state index contributed by atoms with van der Waals surface area (Å²) in [4.78, 5) is 12.1. The molecule has 0 aliphatic carbocycles. The van der Waals surface area contributed by atoms with E-state index in [2.05, 4.69) is 5.10 Å². The highest BCUT2D eigenvalue weighted by atomic mass is 16.3. The Morgan fingerprint density at radius 3 is 2.50 bits per heavy atom. The van der Waals surface area contributed by atoms with Crippen LogP contribution in [-0.2, 0) is 6.54 Å². The smallest absolute Gasteiger partial charge is 0.350 e. The Bertz CT molecular complexity index is 800. The second-order valence-corrected chi connectivity index (χ2v) is 4.74. The minimum absolute atomic E-state index is 0.103. The zero-order chi connectivity index (χ0) is 14.1. The molecule has 0 unspecified atom stereocenters. The lowest BCUT2D eigenvalue weighted by Crippen LogP contribution is -2.22. The van der Waals surface area contributed by atoms with Crippen molar-refractivity contribution >= 4 is 5.65 Å². The molecule has 3 rings (SSSR count). The molecule has 1 N–H and O–H groups in total. The monoisotopic (exact) mass is 269 g/mol. The van der Waals surface area contributed by atoms with Crippen molar-refractivity contribution in [3.05, 3.63) is 58.6 Å². The molecule has 20 heavy (non-hydrogen) atoms.